The standard InChI is InChI=1S/C17H19N5O/c1-13-3-2-4-16(7-13)22-12-15(11-21-22)8-18-17(23)6-5-14-9-19-20-10-14/h2-4,7,9-12H,5-6,8H2,1H3,(H,18,23)(H,19,20). The minimum Gasteiger partial charge on any atom is -0.352 e. The third kappa shape index (κ3) is 4.06. The Morgan fingerprint density at radius 1 is 1.30 bits per heavy atom. The lowest BCUT2D eigenvalue weighted by Gasteiger charge is -2.03. The maximum absolute atomic E-state index is 11.9. The van der Waals surface area contributed by atoms with E-state index in [1.807, 2.05) is 36.0 Å². The molecule has 3 rings (SSSR count). The van der Waals surface area contributed by atoms with Gasteiger partial charge in [-0.15, -0.1) is 0 Å². The van der Waals surface area contributed by atoms with Gasteiger partial charge in [0.15, 0.2) is 0 Å². The summed E-state index contributed by atoms with van der Waals surface area (Å²) in [6.07, 6.45) is 8.39. The molecule has 0 saturated heterocycles. The highest BCUT2D eigenvalue weighted by Crippen LogP contribution is 2.10. The van der Waals surface area contributed by atoms with Crippen molar-refractivity contribution in [1.29, 1.82) is 0 Å². The molecule has 0 aliphatic rings. The van der Waals surface area contributed by atoms with Crippen LogP contribution in [0.25, 0.3) is 5.69 Å². The van der Waals surface area contributed by atoms with E-state index in [0.717, 1.165) is 16.8 Å². The second-order valence-corrected chi connectivity index (χ2v) is 5.52. The molecular weight excluding hydrogens is 290 g/mol. The van der Waals surface area contributed by atoms with E-state index < -0.39 is 0 Å². The summed E-state index contributed by atoms with van der Waals surface area (Å²) in [7, 11) is 0. The van der Waals surface area contributed by atoms with E-state index in [1.165, 1.54) is 5.56 Å². The SMILES string of the molecule is Cc1cccc(-n2cc(CNC(=O)CCc3cn[nH]c3)cn2)c1. The molecule has 2 aromatic heterocycles. The number of aromatic nitrogens is 4. The van der Waals surface area contributed by atoms with Crippen molar-refractivity contribution in [2.45, 2.75) is 26.3 Å². The number of carbonyl (C=O) groups excluding carboxylic acids is 1. The fourth-order valence-corrected chi connectivity index (χ4v) is 2.32. The largest absolute Gasteiger partial charge is 0.352 e. The summed E-state index contributed by atoms with van der Waals surface area (Å²) in [5, 5.41) is 13.9. The van der Waals surface area contributed by atoms with Crippen LogP contribution in [0.2, 0.25) is 0 Å². The molecule has 0 radical (unpaired) electrons. The quantitative estimate of drug-likeness (QED) is 0.732. The van der Waals surface area contributed by atoms with E-state index in [9.17, 15) is 4.79 Å². The van der Waals surface area contributed by atoms with Crippen LogP contribution in [0.1, 0.15) is 23.1 Å². The van der Waals surface area contributed by atoms with E-state index >= 15 is 0 Å². The van der Waals surface area contributed by atoms with E-state index in [-0.39, 0.29) is 5.91 Å². The normalized spacial score (nSPS) is 10.7. The lowest BCUT2D eigenvalue weighted by atomic mass is 10.2. The molecule has 6 nitrogen and oxygen atoms in total. The average Bonchev–Trinajstić information content (AvgIpc) is 3.22. The molecule has 118 valence electrons. The van der Waals surface area contributed by atoms with Crippen LogP contribution in [0.15, 0.2) is 49.1 Å². The Bertz CT molecular complexity index is 776. The van der Waals surface area contributed by atoms with Crippen LogP contribution in [0.4, 0.5) is 0 Å². The molecule has 1 amide bonds. The Hall–Kier alpha value is -2.89. The molecule has 23 heavy (non-hydrogen) atoms. The Balaban J connectivity index is 1.52. The zero-order valence-electron chi connectivity index (χ0n) is 13.0. The fraction of sp³-hybridized carbons (Fsp3) is 0.235. The van der Waals surface area contributed by atoms with Crippen molar-refractivity contribution >= 4 is 5.91 Å². The fourth-order valence-electron chi connectivity index (χ4n) is 2.32. The van der Waals surface area contributed by atoms with Gasteiger partial charge >= 0.3 is 0 Å². The Labute approximate surface area is 134 Å². The van der Waals surface area contributed by atoms with Gasteiger partial charge in [-0.3, -0.25) is 9.89 Å². The number of rotatable bonds is 6. The van der Waals surface area contributed by atoms with Gasteiger partial charge < -0.3 is 5.32 Å². The maximum Gasteiger partial charge on any atom is 0.220 e. The van der Waals surface area contributed by atoms with Gasteiger partial charge in [0.2, 0.25) is 5.91 Å². The number of aryl methyl sites for hydroxylation is 2. The number of amides is 1. The molecule has 0 unspecified atom stereocenters. The average molecular weight is 309 g/mol. The first-order valence-electron chi connectivity index (χ1n) is 7.55. The summed E-state index contributed by atoms with van der Waals surface area (Å²) in [4.78, 5) is 11.9. The Morgan fingerprint density at radius 2 is 2.22 bits per heavy atom. The van der Waals surface area contributed by atoms with Crippen molar-refractivity contribution in [3.8, 4) is 5.69 Å². The van der Waals surface area contributed by atoms with E-state index in [1.54, 1.807) is 18.6 Å². The molecule has 2 N–H and O–H groups in total. The molecule has 0 spiro atoms. The van der Waals surface area contributed by atoms with Crippen molar-refractivity contribution < 1.29 is 4.79 Å². The molecule has 0 saturated carbocycles. The van der Waals surface area contributed by atoms with E-state index in [0.29, 0.717) is 19.4 Å². The Kier molecular flexibility index (Phi) is 4.52. The minimum atomic E-state index is 0.0227. The second kappa shape index (κ2) is 6.91. The zero-order valence-corrected chi connectivity index (χ0v) is 13.0. The van der Waals surface area contributed by atoms with Crippen molar-refractivity contribution in [3.63, 3.8) is 0 Å². The number of nitrogens with one attached hydrogen (secondary N) is 2. The topological polar surface area (TPSA) is 75.6 Å². The van der Waals surface area contributed by atoms with Crippen LogP contribution < -0.4 is 5.32 Å². The number of hydrogen-bond donors (Lipinski definition) is 2. The number of hydrogen-bond acceptors (Lipinski definition) is 3. The van der Waals surface area contributed by atoms with Gasteiger partial charge in [-0.2, -0.15) is 10.2 Å². The maximum atomic E-state index is 11.9. The van der Waals surface area contributed by atoms with Crippen LogP contribution >= 0.6 is 0 Å². The number of H-pyrrole nitrogens is 1. The Morgan fingerprint density at radius 3 is 3.00 bits per heavy atom. The van der Waals surface area contributed by atoms with Gasteiger partial charge in [-0.25, -0.2) is 4.68 Å². The summed E-state index contributed by atoms with van der Waals surface area (Å²) in [5.74, 6) is 0.0227. The van der Waals surface area contributed by atoms with Gasteiger partial charge in [0.1, 0.15) is 0 Å². The van der Waals surface area contributed by atoms with Gasteiger partial charge in [0, 0.05) is 30.9 Å². The number of nitrogens with zero attached hydrogens (tertiary/aromatic N) is 3. The van der Waals surface area contributed by atoms with Crippen LogP contribution in [0, 0.1) is 6.92 Å². The molecule has 0 fully saturated rings. The summed E-state index contributed by atoms with van der Waals surface area (Å²) < 4.78 is 1.82. The molecule has 0 atom stereocenters. The summed E-state index contributed by atoms with van der Waals surface area (Å²) in [5.41, 5.74) is 4.21. The van der Waals surface area contributed by atoms with Gasteiger partial charge in [-0.1, -0.05) is 12.1 Å². The number of aromatic amines is 1. The highest BCUT2D eigenvalue weighted by molar-refractivity contribution is 5.76. The second-order valence-electron chi connectivity index (χ2n) is 5.52. The minimum absolute atomic E-state index is 0.0227. The number of carbonyl (C=O) groups is 1. The van der Waals surface area contributed by atoms with Gasteiger partial charge in [-0.05, 0) is 36.6 Å². The predicted molar refractivity (Wildman–Crippen MR) is 87.1 cm³/mol. The van der Waals surface area contributed by atoms with Crippen LogP contribution in [0.3, 0.4) is 0 Å². The molecular formula is C17H19N5O. The van der Waals surface area contributed by atoms with Crippen molar-refractivity contribution in [1.82, 2.24) is 25.3 Å². The molecule has 3 aromatic rings. The third-order valence-electron chi connectivity index (χ3n) is 3.59. The monoisotopic (exact) mass is 309 g/mol. The molecule has 6 heteroatoms. The van der Waals surface area contributed by atoms with Crippen LogP contribution in [-0.2, 0) is 17.8 Å². The summed E-state index contributed by atoms with van der Waals surface area (Å²) in [6.45, 7) is 2.53. The van der Waals surface area contributed by atoms with Gasteiger partial charge in [0.05, 0.1) is 18.1 Å². The number of benzene rings is 1. The lowest BCUT2D eigenvalue weighted by Crippen LogP contribution is -2.22. The lowest BCUT2D eigenvalue weighted by molar-refractivity contribution is -0.121. The summed E-state index contributed by atoms with van der Waals surface area (Å²) >= 11 is 0. The van der Waals surface area contributed by atoms with E-state index in [2.05, 4.69) is 26.7 Å². The zero-order chi connectivity index (χ0) is 16.1. The smallest absolute Gasteiger partial charge is 0.220 e. The van der Waals surface area contributed by atoms with Crippen LogP contribution in [0.5, 0.6) is 0 Å². The van der Waals surface area contributed by atoms with Crippen molar-refractivity contribution in [2.24, 2.45) is 0 Å². The first-order valence-corrected chi connectivity index (χ1v) is 7.55. The highest BCUT2D eigenvalue weighted by Gasteiger charge is 2.05. The van der Waals surface area contributed by atoms with Gasteiger partial charge in [0.25, 0.3) is 0 Å². The molecule has 0 aliphatic heterocycles. The van der Waals surface area contributed by atoms with Crippen LogP contribution in [-0.4, -0.2) is 25.9 Å². The first kappa shape index (κ1) is 15.0. The predicted octanol–water partition coefficient (Wildman–Crippen LogP) is 2.15. The highest BCUT2D eigenvalue weighted by atomic mass is 16.1. The summed E-state index contributed by atoms with van der Waals surface area (Å²) in [6, 6.07) is 8.13. The molecule has 2 heterocycles. The van der Waals surface area contributed by atoms with Crippen molar-refractivity contribution in [2.75, 3.05) is 0 Å². The molecule has 0 aliphatic carbocycles. The third-order valence-corrected chi connectivity index (χ3v) is 3.59. The first-order chi connectivity index (χ1) is 11.2. The van der Waals surface area contributed by atoms with Crippen molar-refractivity contribution in [3.05, 3.63) is 65.7 Å². The molecule has 1 aromatic carbocycles. The molecule has 0 bridgehead atoms. The van der Waals surface area contributed by atoms with E-state index in [4.69, 9.17) is 0 Å².